The van der Waals surface area contributed by atoms with Gasteiger partial charge in [0.05, 0.1) is 36.7 Å². The van der Waals surface area contributed by atoms with Gasteiger partial charge in [-0.2, -0.15) is 5.10 Å². The number of aliphatic hydroxyl groups excluding tert-OH is 1. The van der Waals surface area contributed by atoms with Gasteiger partial charge in [0.2, 0.25) is 0 Å². The lowest BCUT2D eigenvalue weighted by atomic mass is 10.2. The fourth-order valence-electron chi connectivity index (χ4n) is 2.48. The Morgan fingerprint density at radius 3 is 2.67 bits per heavy atom. The molecule has 3 N–H and O–H groups in total. The smallest absolute Gasteiger partial charge is 0.0862 e. The van der Waals surface area contributed by atoms with Crippen LogP contribution in [0.3, 0.4) is 0 Å². The van der Waals surface area contributed by atoms with Crippen LogP contribution in [0.5, 0.6) is 0 Å². The van der Waals surface area contributed by atoms with Crippen molar-refractivity contribution in [3.63, 3.8) is 0 Å². The second-order valence-corrected chi connectivity index (χ2v) is 5.13. The molecule has 0 aromatic carbocycles. The monoisotopic (exact) mass is 254 g/mol. The summed E-state index contributed by atoms with van der Waals surface area (Å²) < 4.78 is 7.34. The van der Waals surface area contributed by atoms with Crippen LogP contribution in [-0.2, 0) is 11.3 Å². The Hall–Kier alpha value is -1.11. The third kappa shape index (κ3) is 3.69. The van der Waals surface area contributed by atoms with Gasteiger partial charge in [0, 0.05) is 25.8 Å². The van der Waals surface area contributed by atoms with Crippen LogP contribution < -0.4 is 5.73 Å². The first-order valence-electron chi connectivity index (χ1n) is 6.36. The van der Waals surface area contributed by atoms with E-state index in [1.54, 1.807) is 17.1 Å². The van der Waals surface area contributed by atoms with Crippen molar-refractivity contribution in [3.8, 4) is 0 Å². The number of hydrogen-bond donors (Lipinski definition) is 2. The molecule has 1 aromatic rings. The number of aliphatic hydroxyl groups is 1. The van der Waals surface area contributed by atoms with E-state index in [1.807, 2.05) is 0 Å². The topological polar surface area (TPSA) is 76.5 Å². The molecule has 18 heavy (non-hydrogen) atoms. The summed E-state index contributed by atoms with van der Waals surface area (Å²) in [5, 5.41) is 14.1. The lowest BCUT2D eigenvalue weighted by Crippen LogP contribution is -2.48. The molecule has 1 fully saturated rings. The van der Waals surface area contributed by atoms with Gasteiger partial charge in [-0.25, -0.2) is 0 Å². The van der Waals surface area contributed by atoms with E-state index in [4.69, 9.17) is 10.5 Å². The molecule has 0 saturated carbocycles. The number of hydrogen-bond acceptors (Lipinski definition) is 5. The zero-order valence-corrected chi connectivity index (χ0v) is 11.0. The summed E-state index contributed by atoms with van der Waals surface area (Å²) in [4.78, 5) is 2.23. The van der Waals surface area contributed by atoms with Crippen LogP contribution in [-0.4, -0.2) is 57.7 Å². The minimum absolute atomic E-state index is 0.223. The Morgan fingerprint density at radius 1 is 1.44 bits per heavy atom. The second-order valence-electron chi connectivity index (χ2n) is 5.13. The number of anilines is 1. The highest BCUT2D eigenvalue weighted by atomic mass is 16.5. The van der Waals surface area contributed by atoms with E-state index in [1.165, 1.54) is 0 Å². The van der Waals surface area contributed by atoms with Crippen molar-refractivity contribution in [1.82, 2.24) is 14.7 Å². The maximum absolute atomic E-state index is 10.1. The fourth-order valence-corrected chi connectivity index (χ4v) is 2.48. The van der Waals surface area contributed by atoms with E-state index in [0.717, 1.165) is 13.1 Å². The highest BCUT2D eigenvalue weighted by molar-refractivity contribution is 5.30. The minimum atomic E-state index is -0.443. The number of aromatic nitrogens is 2. The Kier molecular flexibility index (Phi) is 4.21. The third-order valence-corrected chi connectivity index (χ3v) is 3.02. The molecule has 0 radical (unpaired) electrons. The number of nitrogens with two attached hydrogens (primary N) is 1. The molecule has 1 saturated heterocycles. The van der Waals surface area contributed by atoms with Crippen molar-refractivity contribution in [2.75, 3.05) is 25.4 Å². The lowest BCUT2D eigenvalue weighted by Gasteiger charge is -2.36. The van der Waals surface area contributed by atoms with Gasteiger partial charge in [-0.3, -0.25) is 9.58 Å². The van der Waals surface area contributed by atoms with Crippen LogP contribution in [0.4, 0.5) is 5.69 Å². The molecular weight excluding hydrogens is 232 g/mol. The number of β-amino-alcohol motifs (C(OH)–C–C–N with tert-alkyl or cyclic N) is 1. The molecule has 0 bridgehead atoms. The molecule has 6 heteroatoms. The quantitative estimate of drug-likeness (QED) is 0.787. The van der Waals surface area contributed by atoms with E-state index < -0.39 is 6.10 Å². The molecule has 1 aliphatic heterocycles. The predicted molar refractivity (Wildman–Crippen MR) is 69.1 cm³/mol. The molecule has 0 aliphatic carbocycles. The number of ether oxygens (including phenoxy) is 1. The van der Waals surface area contributed by atoms with Crippen molar-refractivity contribution in [3.05, 3.63) is 12.4 Å². The van der Waals surface area contributed by atoms with Gasteiger partial charge in [0.1, 0.15) is 0 Å². The predicted octanol–water partition coefficient (Wildman–Crippen LogP) is -0.0646. The number of nitrogen functional groups attached to an aromatic ring is 1. The Bertz CT molecular complexity index is 372. The first kappa shape index (κ1) is 13.3. The van der Waals surface area contributed by atoms with Crippen molar-refractivity contribution >= 4 is 5.69 Å². The molecular formula is C12H22N4O2. The molecule has 2 rings (SSSR count). The van der Waals surface area contributed by atoms with Gasteiger partial charge in [-0.1, -0.05) is 0 Å². The van der Waals surface area contributed by atoms with Gasteiger partial charge < -0.3 is 15.6 Å². The second kappa shape index (κ2) is 5.69. The summed E-state index contributed by atoms with van der Waals surface area (Å²) >= 11 is 0. The van der Waals surface area contributed by atoms with E-state index in [9.17, 15) is 5.11 Å². The van der Waals surface area contributed by atoms with E-state index in [2.05, 4.69) is 23.8 Å². The van der Waals surface area contributed by atoms with E-state index in [0.29, 0.717) is 18.8 Å². The van der Waals surface area contributed by atoms with Gasteiger partial charge in [0.15, 0.2) is 0 Å². The van der Waals surface area contributed by atoms with Gasteiger partial charge >= 0.3 is 0 Å². The zero-order chi connectivity index (χ0) is 13.1. The molecule has 0 amide bonds. The number of rotatable bonds is 4. The standard InChI is InChI=1S/C12H22N4O2/c1-9-4-15(5-10(2)18-9)7-12(17)8-16-6-11(13)3-14-16/h3,6,9-10,12,17H,4-5,7-8,13H2,1-2H3/t9-,10+,12?. The van der Waals surface area contributed by atoms with Crippen LogP contribution in [0.25, 0.3) is 0 Å². The highest BCUT2D eigenvalue weighted by Gasteiger charge is 2.23. The van der Waals surface area contributed by atoms with Crippen LogP contribution in [0.15, 0.2) is 12.4 Å². The van der Waals surface area contributed by atoms with Crippen LogP contribution >= 0.6 is 0 Å². The Labute approximate surface area is 107 Å². The molecule has 6 nitrogen and oxygen atoms in total. The molecule has 2 heterocycles. The maximum atomic E-state index is 10.1. The average Bonchev–Trinajstić information content (AvgIpc) is 2.61. The summed E-state index contributed by atoms with van der Waals surface area (Å²) in [6, 6.07) is 0. The summed E-state index contributed by atoms with van der Waals surface area (Å²) in [7, 11) is 0. The summed E-state index contributed by atoms with van der Waals surface area (Å²) in [5.74, 6) is 0. The van der Waals surface area contributed by atoms with E-state index >= 15 is 0 Å². The van der Waals surface area contributed by atoms with Crippen LogP contribution in [0.1, 0.15) is 13.8 Å². The number of morpholine rings is 1. The maximum Gasteiger partial charge on any atom is 0.0862 e. The molecule has 0 spiro atoms. The molecule has 1 unspecified atom stereocenters. The average molecular weight is 254 g/mol. The van der Waals surface area contributed by atoms with Gasteiger partial charge in [-0.15, -0.1) is 0 Å². The lowest BCUT2D eigenvalue weighted by molar-refractivity contribution is -0.0774. The SMILES string of the molecule is C[C@@H]1CN(CC(O)Cn2cc(N)cn2)C[C@H](C)O1. The Balaban J connectivity index is 1.81. The zero-order valence-electron chi connectivity index (χ0n) is 11.0. The molecule has 102 valence electrons. The summed E-state index contributed by atoms with van der Waals surface area (Å²) in [6.45, 7) is 6.95. The van der Waals surface area contributed by atoms with Crippen molar-refractivity contribution < 1.29 is 9.84 Å². The van der Waals surface area contributed by atoms with Crippen molar-refractivity contribution in [1.29, 1.82) is 0 Å². The van der Waals surface area contributed by atoms with E-state index in [-0.39, 0.29) is 12.2 Å². The summed E-state index contributed by atoms with van der Waals surface area (Å²) in [6.07, 6.45) is 3.32. The normalized spacial score (nSPS) is 27.3. The third-order valence-electron chi connectivity index (χ3n) is 3.02. The van der Waals surface area contributed by atoms with Gasteiger partial charge in [-0.05, 0) is 13.8 Å². The molecule has 1 aliphatic rings. The molecule has 1 aromatic heterocycles. The minimum Gasteiger partial charge on any atom is -0.396 e. The van der Waals surface area contributed by atoms with Crippen molar-refractivity contribution in [2.24, 2.45) is 0 Å². The first-order chi connectivity index (χ1) is 8.52. The van der Waals surface area contributed by atoms with Crippen LogP contribution in [0, 0.1) is 0 Å². The summed E-state index contributed by atoms with van der Waals surface area (Å²) in [5.41, 5.74) is 6.20. The first-order valence-corrected chi connectivity index (χ1v) is 6.36. The fraction of sp³-hybridized carbons (Fsp3) is 0.750. The van der Waals surface area contributed by atoms with Crippen molar-refractivity contribution in [2.45, 2.75) is 38.7 Å². The largest absolute Gasteiger partial charge is 0.396 e. The highest BCUT2D eigenvalue weighted by Crippen LogP contribution is 2.11. The molecule has 3 atom stereocenters. The number of nitrogens with zero attached hydrogens (tertiary/aromatic N) is 3. The Morgan fingerprint density at radius 2 is 2.11 bits per heavy atom. The van der Waals surface area contributed by atoms with Crippen LogP contribution in [0.2, 0.25) is 0 Å². The van der Waals surface area contributed by atoms with Gasteiger partial charge in [0.25, 0.3) is 0 Å².